The number of amides is 1. The summed E-state index contributed by atoms with van der Waals surface area (Å²) < 4.78 is 35.3. The first-order chi connectivity index (χ1) is 18.3. The normalized spacial score (nSPS) is 12.5. The zero-order valence-electron chi connectivity index (χ0n) is 22.0. The molecule has 1 aromatic heterocycles. The van der Waals surface area contributed by atoms with Gasteiger partial charge in [-0.25, -0.2) is 8.42 Å². The third-order valence-electron chi connectivity index (χ3n) is 6.16. The van der Waals surface area contributed by atoms with E-state index in [-0.39, 0.29) is 10.8 Å². The van der Waals surface area contributed by atoms with Crippen LogP contribution in [0.1, 0.15) is 39.2 Å². The van der Waals surface area contributed by atoms with Gasteiger partial charge in [-0.15, -0.1) is 0 Å². The van der Waals surface area contributed by atoms with Crippen molar-refractivity contribution in [2.24, 2.45) is 0 Å². The molecule has 0 spiro atoms. The minimum atomic E-state index is -3.54. The zero-order valence-corrected chi connectivity index (χ0v) is 22.8. The van der Waals surface area contributed by atoms with Gasteiger partial charge >= 0.3 is 0 Å². The van der Waals surface area contributed by atoms with Crippen molar-refractivity contribution in [3.05, 3.63) is 84.4 Å². The summed E-state index contributed by atoms with van der Waals surface area (Å²) in [5, 5.41) is 8.37. The number of nitrogens with one attached hydrogen (secondary N) is 1. The molecule has 1 unspecified atom stereocenters. The van der Waals surface area contributed by atoms with Crippen LogP contribution in [0.4, 0.5) is 5.82 Å². The standard InChI is InChI=1S/C29H34N4O4S/c1-4-19-32(20-5-2)38(35,36)25-17-15-23(16-18-25)21-33-27-14-10-9-13-26(27)28(31-33)30-29(34)22(3)37-24-11-7-6-8-12-24/h6-18,22H,4-5,19-21H2,1-3H3,(H,30,31,34). The highest BCUT2D eigenvalue weighted by molar-refractivity contribution is 7.89. The van der Waals surface area contributed by atoms with Gasteiger partial charge in [-0.3, -0.25) is 9.48 Å². The van der Waals surface area contributed by atoms with Crippen LogP contribution in [0, 0.1) is 0 Å². The Kier molecular flexibility index (Phi) is 8.81. The Morgan fingerprint density at radius 3 is 2.24 bits per heavy atom. The number of anilines is 1. The van der Waals surface area contributed by atoms with Crippen LogP contribution < -0.4 is 10.1 Å². The summed E-state index contributed by atoms with van der Waals surface area (Å²) in [4.78, 5) is 13.1. The van der Waals surface area contributed by atoms with E-state index < -0.39 is 16.1 Å². The van der Waals surface area contributed by atoms with Gasteiger partial charge in [0.25, 0.3) is 5.91 Å². The lowest BCUT2D eigenvalue weighted by molar-refractivity contribution is -0.122. The molecular formula is C29H34N4O4S. The number of hydrogen-bond acceptors (Lipinski definition) is 5. The fourth-order valence-electron chi connectivity index (χ4n) is 4.26. The van der Waals surface area contributed by atoms with Crippen LogP contribution in [0.3, 0.4) is 0 Å². The quantitative estimate of drug-likeness (QED) is 0.266. The van der Waals surface area contributed by atoms with Gasteiger partial charge in [0.2, 0.25) is 10.0 Å². The lowest BCUT2D eigenvalue weighted by Crippen LogP contribution is -2.32. The van der Waals surface area contributed by atoms with E-state index in [1.807, 2.05) is 68.4 Å². The molecule has 1 heterocycles. The molecule has 0 radical (unpaired) electrons. The van der Waals surface area contributed by atoms with Crippen LogP contribution in [0.25, 0.3) is 10.9 Å². The highest BCUT2D eigenvalue weighted by Crippen LogP contribution is 2.25. The smallest absolute Gasteiger partial charge is 0.266 e. The van der Waals surface area contributed by atoms with Crippen LogP contribution in [0.15, 0.2) is 83.8 Å². The first-order valence-electron chi connectivity index (χ1n) is 12.9. The van der Waals surface area contributed by atoms with Gasteiger partial charge in [0.1, 0.15) is 5.75 Å². The molecule has 0 saturated carbocycles. The van der Waals surface area contributed by atoms with E-state index >= 15 is 0 Å². The molecule has 0 saturated heterocycles. The second kappa shape index (κ2) is 12.2. The van der Waals surface area contributed by atoms with E-state index in [9.17, 15) is 13.2 Å². The van der Waals surface area contributed by atoms with E-state index in [1.165, 1.54) is 0 Å². The third kappa shape index (κ3) is 6.23. The van der Waals surface area contributed by atoms with Crippen LogP contribution >= 0.6 is 0 Å². The molecule has 8 nitrogen and oxygen atoms in total. The van der Waals surface area contributed by atoms with Crippen molar-refractivity contribution in [3.8, 4) is 5.75 Å². The molecule has 0 aliphatic rings. The van der Waals surface area contributed by atoms with Gasteiger partial charge in [-0.1, -0.05) is 56.3 Å². The number of ether oxygens (including phenoxy) is 1. The molecular weight excluding hydrogens is 500 g/mol. The highest BCUT2D eigenvalue weighted by Gasteiger charge is 2.23. The number of para-hydroxylation sites is 2. The fraction of sp³-hybridized carbons (Fsp3) is 0.310. The average molecular weight is 535 g/mol. The summed E-state index contributed by atoms with van der Waals surface area (Å²) in [5.41, 5.74) is 1.75. The summed E-state index contributed by atoms with van der Waals surface area (Å²) >= 11 is 0. The van der Waals surface area contributed by atoms with Gasteiger partial charge < -0.3 is 10.1 Å². The Morgan fingerprint density at radius 1 is 0.947 bits per heavy atom. The lowest BCUT2D eigenvalue weighted by atomic mass is 10.2. The first-order valence-corrected chi connectivity index (χ1v) is 14.3. The topological polar surface area (TPSA) is 93.5 Å². The second-order valence-electron chi connectivity index (χ2n) is 9.13. The van der Waals surface area contributed by atoms with Crippen LogP contribution in [-0.4, -0.2) is 47.6 Å². The minimum absolute atomic E-state index is 0.286. The Labute approximate surface area is 224 Å². The molecule has 1 N–H and O–H groups in total. The van der Waals surface area contributed by atoms with E-state index in [1.54, 1.807) is 40.2 Å². The van der Waals surface area contributed by atoms with Crippen molar-refractivity contribution in [2.75, 3.05) is 18.4 Å². The molecule has 0 aliphatic carbocycles. The lowest BCUT2D eigenvalue weighted by Gasteiger charge is -2.21. The van der Waals surface area contributed by atoms with E-state index in [2.05, 4.69) is 10.4 Å². The number of carbonyl (C=O) groups excluding carboxylic acids is 1. The summed E-state index contributed by atoms with van der Waals surface area (Å²) in [5.74, 6) is 0.758. The number of rotatable bonds is 12. The Morgan fingerprint density at radius 2 is 1.58 bits per heavy atom. The van der Waals surface area contributed by atoms with Crippen molar-refractivity contribution in [3.63, 3.8) is 0 Å². The van der Waals surface area contributed by atoms with Crippen molar-refractivity contribution >= 4 is 32.7 Å². The Bertz CT molecular complexity index is 1460. The monoisotopic (exact) mass is 534 g/mol. The number of nitrogens with zero attached hydrogens (tertiary/aromatic N) is 3. The van der Waals surface area contributed by atoms with Crippen LogP contribution in [-0.2, 0) is 21.4 Å². The number of aromatic nitrogens is 2. The molecule has 0 bridgehead atoms. The maximum absolute atomic E-state index is 13.1. The second-order valence-corrected chi connectivity index (χ2v) is 11.1. The summed E-state index contributed by atoms with van der Waals surface area (Å²) in [6, 6.07) is 23.8. The summed E-state index contributed by atoms with van der Waals surface area (Å²) in [6.45, 7) is 7.06. The van der Waals surface area contributed by atoms with E-state index in [0.29, 0.717) is 31.2 Å². The number of sulfonamides is 1. The molecule has 4 rings (SSSR count). The molecule has 1 amide bonds. The van der Waals surface area contributed by atoms with Crippen molar-refractivity contribution in [2.45, 2.75) is 51.2 Å². The number of benzene rings is 3. The van der Waals surface area contributed by atoms with E-state index in [0.717, 1.165) is 29.3 Å². The molecule has 0 fully saturated rings. The molecule has 1 atom stereocenters. The predicted octanol–water partition coefficient (Wildman–Crippen LogP) is 5.30. The third-order valence-corrected chi connectivity index (χ3v) is 8.08. The van der Waals surface area contributed by atoms with Gasteiger partial charge in [0, 0.05) is 18.5 Å². The summed E-state index contributed by atoms with van der Waals surface area (Å²) in [6.07, 6.45) is 0.815. The van der Waals surface area contributed by atoms with Crippen LogP contribution in [0.2, 0.25) is 0 Å². The van der Waals surface area contributed by atoms with Gasteiger partial charge in [-0.05, 0) is 61.7 Å². The fourth-order valence-corrected chi connectivity index (χ4v) is 5.88. The number of carbonyl (C=O) groups is 1. The Balaban J connectivity index is 1.52. The molecule has 3 aromatic carbocycles. The zero-order chi connectivity index (χ0) is 27.1. The largest absolute Gasteiger partial charge is 0.481 e. The average Bonchev–Trinajstić information content (AvgIpc) is 3.26. The molecule has 38 heavy (non-hydrogen) atoms. The SMILES string of the molecule is CCCN(CCC)S(=O)(=O)c1ccc(Cn2nc(NC(=O)C(C)Oc3ccccc3)c3ccccc32)cc1. The molecule has 200 valence electrons. The highest BCUT2D eigenvalue weighted by atomic mass is 32.2. The summed E-state index contributed by atoms with van der Waals surface area (Å²) in [7, 11) is -3.54. The van der Waals surface area contributed by atoms with E-state index in [4.69, 9.17) is 4.74 Å². The van der Waals surface area contributed by atoms with Crippen molar-refractivity contribution in [1.82, 2.24) is 14.1 Å². The van der Waals surface area contributed by atoms with Crippen molar-refractivity contribution < 1.29 is 17.9 Å². The minimum Gasteiger partial charge on any atom is -0.481 e. The van der Waals surface area contributed by atoms with Gasteiger partial charge in [0.15, 0.2) is 11.9 Å². The molecule has 4 aromatic rings. The molecule has 9 heteroatoms. The predicted molar refractivity (Wildman–Crippen MR) is 150 cm³/mol. The van der Waals surface area contributed by atoms with Crippen molar-refractivity contribution in [1.29, 1.82) is 0 Å². The van der Waals surface area contributed by atoms with Gasteiger partial charge in [-0.2, -0.15) is 9.40 Å². The number of hydrogen-bond donors (Lipinski definition) is 1. The maximum Gasteiger partial charge on any atom is 0.266 e. The van der Waals surface area contributed by atoms with Gasteiger partial charge in [0.05, 0.1) is 17.0 Å². The molecule has 0 aliphatic heterocycles. The maximum atomic E-state index is 13.1. The number of fused-ring (bicyclic) bond motifs is 1. The Hall–Kier alpha value is -3.69. The van der Waals surface area contributed by atoms with Crippen LogP contribution in [0.5, 0.6) is 5.75 Å². The first kappa shape index (κ1) is 27.3.